The molecule has 0 aromatic heterocycles. The first-order chi connectivity index (χ1) is 19.3. The number of ether oxygens (including phenoxy) is 2. The predicted molar refractivity (Wildman–Crippen MR) is 203 cm³/mol. The standard InChI is InChI=1S/C7H14.C6H12.C5H10.C4H8.C3H8O.C2H3N.C2H6O.CH3Br.CH3Cl.CH3F.CH3I.CH4/c1-7-5-3-2-4-6-7;1-6-4-2-3-5-6;1-5-3-2-4-5;1-4-2-3-4;1-3-4-2;1-2-3;1-3-2;4*1-2;/h7H,2-6H2,1H3;6H,2-5H2,1H3;5H,2-4H2,1H3;4H,2-3H2,1H3;3H2,1-2H3;1H3;1-2H3;4*1H3;1H4. The summed E-state index contributed by atoms with van der Waals surface area (Å²) in [5, 5.41) is 7.32. The summed E-state index contributed by atoms with van der Waals surface area (Å²) in [5.74, 6) is 6.04. The van der Waals surface area contributed by atoms with Crippen LogP contribution in [0, 0.1) is 35.0 Å². The normalized spacial score (nSPS) is 15.7. The van der Waals surface area contributed by atoms with Crippen molar-refractivity contribution in [3.05, 3.63) is 0 Å². The molecular weight excluding hydrogens is 716 g/mol. The number of halogens is 4. The maximum atomic E-state index is 9.50. The zero-order valence-electron chi connectivity index (χ0n) is 29.2. The zero-order valence-corrected chi connectivity index (χ0v) is 33.7. The molecule has 0 saturated heterocycles. The monoisotopic (exact) mass is 791 g/mol. The minimum atomic E-state index is 0. The van der Waals surface area contributed by atoms with Crippen molar-refractivity contribution in [3.63, 3.8) is 0 Å². The molecule has 0 spiro atoms. The number of nitrogens with zero attached hydrogens (tertiary/aromatic N) is 1. The zero-order chi connectivity index (χ0) is 33.0. The fourth-order valence-electron chi connectivity index (χ4n) is 3.22. The SMILES string of the molecule is C.CBr.CC#N.CC1CC1.CC1CCC1.CC1CCCC1.CC1CCCCC1.CCOC.CCl.CF.CI.COC. The highest BCUT2D eigenvalue weighted by Crippen LogP contribution is 2.27. The first-order valence-corrected chi connectivity index (χ1v) is 19.5. The van der Waals surface area contributed by atoms with E-state index in [-0.39, 0.29) is 7.43 Å². The van der Waals surface area contributed by atoms with Crippen molar-refractivity contribution >= 4 is 50.1 Å². The molecule has 0 amide bonds. The van der Waals surface area contributed by atoms with Gasteiger partial charge >= 0.3 is 0 Å². The Morgan fingerprint density at radius 1 is 0.683 bits per heavy atom. The molecule has 258 valence electrons. The van der Waals surface area contributed by atoms with Crippen LogP contribution in [0.5, 0.6) is 0 Å². The lowest BCUT2D eigenvalue weighted by molar-refractivity contribution is 0.215. The van der Waals surface area contributed by atoms with Crippen molar-refractivity contribution in [2.75, 3.05) is 52.3 Å². The Balaban J connectivity index is -0.0000000502. The summed E-state index contributed by atoms with van der Waals surface area (Å²) in [4.78, 5) is 1.97. The van der Waals surface area contributed by atoms with Crippen molar-refractivity contribution in [1.82, 2.24) is 0 Å². The molecule has 7 heteroatoms. The molecule has 0 aromatic carbocycles. The Hall–Kier alpha value is 0.840. The van der Waals surface area contributed by atoms with Crippen molar-refractivity contribution in [1.29, 1.82) is 5.26 Å². The first kappa shape index (κ1) is 60.9. The van der Waals surface area contributed by atoms with E-state index < -0.39 is 0 Å². The van der Waals surface area contributed by atoms with Gasteiger partial charge in [0.2, 0.25) is 0 Å². The van der Waals surface area contributed by atoms with E-state index in [0.29, 0.717) is 7.18 Å². The highest BCUT2D eigenvalue weighted by atomic mass is 127. The van der Waals surface area contributed by atoms with Gasteiger partial charge in [-0.2, -0.15) is 5.26 Å². The third-order valence-electron chi connectivity index (χ3n) is 6.09. The van der Waals surface area contributed by atoms with Gasteiger partial charge < -0.3 is 9.47 Å². The Kier molecular flexibility index (Phi) is 101. The minimum Gasteiger partial charge on any atom is -0.388 e. The maximum Gasteiger partial charge on any atom is 0.0785 e. The number of nitriles is 1. The second kappa shape index (κ2) is 68.2. The van der Waals surface area contributed by atoms with E-state index in [4.69, 9.17) is 5.26 Å². The van der Waals surface area contributed by atoms with Gasteiger partial charge in [-0.15, -0.1) is 11.6 Å². The van der Waals surface area contributed by atoms with Crippen LogP contribution >= 0.6 is 50.1 Å². The van der Waals surface area contributed by atoms with Crippen molar-refractivity contribution in [2.24, 2.45) is 23.7 Å². The molecule has 4 rings (SSSR count). The largest absolute Gasteiger partial charge is 0.388 e. The topological polar surface area (TPSA) is 42.2 Å². The molecule has 4 saturated carbocycles. The van der Waals surface area contributed by atoms with Gasteiger partial charge in [0.05, 0.1) is 13.2 Å². The van der Waals surface area contributed by atoms with E-state index in [1.54, 1.807) is 27.4 Å². The lowest BCUT2D eigenvalue weighted by Crippen LogP contribution is -2.04. The first-order valence-electron chi connectivity index (χ1n) is 15.0. The number of rotatable bonds is 1. The summed E-state index contributed by atoms with van der Waals surface area (Å²) in [6.45, 7) is 13.5. The fraction of sp³-hybridized carbons (Fsp3) is 0.971. The van der Waals surface area contributed by atoms with Crippen LogP contribution in [0.1, 0.15) is 139 Å². The average molecular weight is 793 g/mol. The molecule has 4 aliphatic rings. The van der Waals surface area contributed by atoms with E-state index >= 15 is 0 Å². The van der Waals surface area contributed by atoms with E-state index in [1.165, 1.54) is 103 Å². The molecule has 3 nitrogen and oxygen atoms in total. The molecule has 0 bridgehead atoms. The van der Waals surface area contributed by atoms with Gasteiger partial charge in [0.1, 0.15) is 0 Å². The Morgan fingerprint density at radius 2 is 0.854 bits per heavy atom. The lowest BCUT2D eigenvalue weighted by Gasteiger charge is -2.18. The lowest BCUT2D eigenvalue weighted by atomic mass is 9.88. The number of hydrogen-bond acceptors (Lipinski definition) is 3. The molecule has 4 fully saturated rings. The minimum absolute atomic E-state index is 0. The van der Waals surface area contributed by atoms with E-state index in [0.717, 1.165) is 30.3 Å². The summed E-state index contributed by atoms with van der Waals surface area (Å²) in [7, 11) is 5.43. The van der Waals surface area contributed by atoms with Crippen LogP contribution in [-0.4, -0.2) is 52.3 Å². The molecule has 0 heterocycles. The second-order valence-corrected chi connectivity index (χ2v) is 10.1. The molecule has 0 radical (unpaired) electrons. The molecule has 0 N–H and O–H groups in total. The van der Waals surface area contributed by atoms with Crippen LogP contribution < -0.4 is 0 Å². The number of alkyl halides is 4. The van der Waals surface area contributed by atoms with Gasteiger partial charge in [0.15, 0.2) is 0 Å². The van der Waals surface area contributed by atoms with Crippen LogP contribution in [0.25, 0.3) is 0 Å². The molecule has 41 heavy (non-hydrogen) atoms. The quantitative estimate of drug-likeness (QED) is 0.196. The molecule has 0 unspecified atom stereocenters. The highest BCUT2D eigenvalue weighted by Gasteiger charge is 2.12. The summed E-state index contributed by atoms with van der Waals surface area (Å²) >= 11 is 9.73. The number of methoxy groups -OCH3 is 2. The fourth-order valence-corrected chi connectivity index (χ4v) is 3.22. The summed E-state index contributed by atoms with van der Waals surface area (Å²) in [5.41, 5.74) is 0. The second-order valence-electron chi connectivity index (χ2n) is 10.1. The van der Waals surface area contributed by atoms with Gasteiger partial charge in [0, 0.05) is 41.2 Å². The summed E-state index contributed by atoms with van der Waals surface area (Å²) < 4.78 is 18.3. The highest BCUT2D eigenvalue weighted by molar-refractivity contribution is 14.1. The molecule has 0 atom stereocenters. The predicted octanol–water partition coefficient (Wildman–Crippen LogP) is 13.6. The van der Waals surface area contributed by atoms with Crippen LogP contribution in [0.4, 0.5) is 4.39 Å². The summed E-state index contributed by atoms with van der Waals surface area (Å²) in [6, 6.07) is 1.75. The van der Waals surface area contributed by atoms with Crippen molar-refractivity contribution < 1.29 is 13.9 Å². The van der Waals surface area contributed by atoms with Crippen LogP contribution in [-0.2, 0) is 9.47 Å². The third-order valence-corrected chi connectivity index (χ3v) is 6.09. The molecular formula is C34H77BrClFINO2. The smallest absolute Gasteiger partial charge is 0.0785 e. The van der Waals surface area contributed by atoms with Gasteiger partial charge in [0.25, 0.3) is 0 Å². The van der Waals surface area contributed by atoms with E-state index in [2.05, 4.69) is 87.3 Å². The van der Waals surface area contributed by atoms with E-state index in [9.17, 15) is 4.39 Å². The van der Waals surface area contributed by atoms with Crippen LogP contribution in [0.2, 0.25) is 0 Å². The van der Waals surface area contributed by atoms with Gasteiger partial charge in [-0.1, -0.05) is 164 Å². The Morgan fingerprint density at radius 3 is 0.902 bits per heavy atom. The van der Waals surface area contributed by atoms with Gasteiger partial charge in [-0.3, -0.25) is 4.39 Å². The Labute approximate surface area is 288 Å². The van der Waals surface area contributed by atoms with Gasteiger partial charge in [-0.25, -0.2) is 0 Å². The maximum absolute atomic E-state index is 9.50. The third kappa shape index (κ3) is 92.3. The van der Waals surface area contributed by atoms with Crippen LogP contribution in [0.3, 0.4) is 0 Å². The van der Waals surface area contributed by atoms with Crippen LogP contribution in [0.15, 0.2) is 0 Å². The van der Waals surface area contributed by atoms with Gasteiger partial charge in [-0.05, 0) is 41.4 Å². The average Bonchev–Trinajstić information content (AvgIpc) is 3.63. The molecule has 4 aliphatic carbocycles. The Bertz CT molecular complexity index is 372. The summed E-state index contributed by atoms with van der Waals surface area (Å²) in [6.07, 6.45) is 22.3. The number of hydrogen-bond donors (Lipinski definition) is 0. The van der Waals surface area contributed by atoms with E-state index in [1.807, 2.05) is 17.7 Å². The van der Waals surface area contributed by atoms with Crippen molar-refractivity contribution in [2.45, 2.75) is 139 Å². The molecule has 0 aliphatic heterocycles. The molecule has 0 aromatic rings. The van der Waals surface area contributed by atoms with Crippen molar-refractivity contribution in [3.8, 4) is 6.07 Å².